The molecule has 0 saturated carbocycles. The van der Waals surface area contributed by atoms with Crippen LogP contribution in [0.5, 0.6) is 5.75 Å². The van der Waals surface area contributed by atoms with E-state index < -0.39 is 0 Å². The zero-order valence-electron chi connectivity index (χ0n) is 11.0. The molecule has 0 aliphatic rings. The summed E-state index contributed by atoms with van der Waals surface area (Å²) in [6.07, 6.45) is 0. The summed E-state index contributed by atoms with van der Waals surface area (Å²) in [4.78, 5) is 0. The van der Waals surface area contributed by atoms with Crippen LogP contribution >= 0.6 is 11.6 Å². The molecule has 0 atom stereocenters. The minimum absolute atomic E-state index is 0.0621. The lowest BCUT2D eigenvalue weighted by atomic mass is 10.1. The van der Waals surface area contributed by atoms with Crippen LogP contribution in [0.4, 0.5) is 0 Å². The Balaban J connectivity index is 2.21. The minimum Gasteiger partial charge on any atom is -0.489 e. The molecule has 104 valence electrons. The number of nitrogens with two attached hydrogens (primary N) is 1. The summed E-state index contributed by atoms with van der Waals surface area (Å²) in [5.74, 6) is 0.777. The molecule has 0 spiro atoms. The molecule has 0 aliphatic carbocycles. The molecule has 3 N–H and O–H groups in total. The Labute approximate surface area is 122 Å². The van der Waals surface area contributed by atoms with E-state index >= 15 is 0 Å². The maximum absolute atomic E-state index is 8.78. The van der Waals surface area contributed by atoms with Gasteiger partial charge >= 0.3 is 0 Å². The summed E-state index contributed by atoms with van der Waals surface area (Å²) >= 11 is 5.95. The maximum Gasteiger partial charge on any atom is 0.170 e. The molecule has 2 aromatic rings. The topological polar surface area (TPSA) is 67.8 Å². The van der Waals surface area contributed by atoms with Crippen LogP contribution in [0.15, 0.2) is 47.6 Å². The Hall–Kier alpha value is -2.20. The van der Waals surface area contributed by atoms with Crippen molar-refractivity contribution in [1.82, 2.24) is 0 Å². The van der Waals surface area contributed by atoms with Gasteiger partial charge in [-0.15, -0.1) is 0 Å². The second kappa shape index (κ2) is 6.30. The van der Waals surface area contributed by atoms with E-state index in [1.54, 1.807) is 12.1 Å². The monoisotopic (exact) mass is 290 g/mol. The normalized spacial score (nSPS) is 11.4. The largest absolute Gasteiger partial charge is 0.489 e. The van der Waals surface area contributed by atoms with Gasteiger partial charge in [0.05, 0.1) is 0 Å². The van der Waals surface area contributed by atoms with E-state index in [4.69, 9.17) is 27.3 Å². The Morgan fingerprint density at radius 1 is 1.30 bits per heavy atom. The van der Waals surface area contributed by atoms with Gasteiger partial charge in [0.2, 0.25) is 0 Å². The SMILES string of the molecule is Cc1ccc(Cl)cc1OCc1ccccc1C(N)=NO. The lowest BCUT2D eigenvalue weighted by molar-refractivity contribution is 0.303. The highest BCUT2D eigenvalue weighted by atomic mass is 35.5. The number of hydrogen-bond donors (Lipinski definition) is 2. The predicted molar refractivity (Wildman–Crippen MR) is 79.5 cm³/mol. The van der Waals surface area contributed by atoms with Crippen molar-refractivity contribution in [2.45, 2.75) is 13.5 Å². The van der Waals surface area contributed by atoms with Crippen LogP contribution in [-0.4, -0.2) is 11.0 Å². The van der Waals surface area contributed by atoms with Crippen molar-refractivity contribution in [3.63, 3.8) is 0 Å². The van der Waals surface area contributed by atoms with Crippen molar-refractivity contribution < 1.29 is 9.94 Å². The van der Waals surface area contributed by atoms with Gasteiger partial charge in [-0.25, -0.2) is 0 Å². The van der Waals surface area contributed by atoms with E-state index in [0.29, 0.717) is 22.9 Å². The molecule has 2 aromatic carbocycles. The van der Waals surface area contributed by atoms with Crippen LogP contribution in [0, 0.1) is 6.92 Å². The Morgan fingerprint density at radius 3 is 2.80 bits per heavy atom. The molecule has 2 rings (SSSR count). The second-order valence-electron chi connectivity index (χ2n) is 4.34. The van der Waals surface area contributed by atoms with Crippen LogP contribution in [-0.2, 0) is 6.61 Å². The molecule has 20 heavy (non-hydrogen) atoms. The third kappa shape index (κ3) is 3.22. The fourth-order valence-electron chi connectivity index (χ4n) is 1.83. The first-order valence-corrected chi connectivity index (χ1v) is 6.44. The van der Waals surface area contributed by atoms with Crippen LogP contribution < -0.4 is 10.5 Å². The third-order valence-corrected chi connectivity index (χ3v) is 3.17. The van der Waals surface area contributed by atoms with E-state index in [-0.39, 0.29) is 5.84 Å². The highest BCUT2D eigenvalue weighted by Crippen LogP contribution is 2.24. The van der Waals surface area contributed by atoms with E-state index in [1.807, 2.05) is 37.3 Å². The van der Waals surface area contributed by atoms with E-state index in [0.717, 1.165) is 11.1 Å². The first kappa shape index (κ1) is 14.2. The summed E-state index contributed by atoms with van der Waals surface area (Å²) in [6, 6.07) is 12.8. The number of oxime groups is 1. The van der Waals surface area contributed by atoms with Crippen LogP contribution in [0.25, 0.3) is 0 Å². The molecule has 0 unspecified atom stereocenters. The summed E-state index contributed by atoms with van der Waals surface area (Å²) < 4.78 is 5.76. The van der Waals surface area contributed by atoms with Crippen LogP contribution in [0.2, 0.25) is 5.02 Å². The highest BCUT2D eigenvalue weighted by molar-refractivity contribution is 6.30. The van der Waals surface area contributed by atoms with Gasteiger partial charge in [0, 0.05) is 16.1 Å². The van der Waals surface area contributed by atoms with Gasteiger partial charge in [0.25, 0.3) is 0 Å². The summed E-state index contributed by atoms with van der Waals surface area (Å²) in [5, 5.41) is 12.4. The fourth-order valence-corrected chi connectivity index (χ4v) is 2.00. The second-order valence-corrected chi connectivity index (χ2v) is 4.78. The highest BCUT2D eigenvalue weighted by Gasteiger charge is 2.08. The van der Waals surface area contributed by atoms with Crippen LogP contribution in [0.3, 0.4) is 0 Å². The first-order chi connectivity index (χ1) is 9.61. The van der Waals surface area contributed by atoms with Crippen molar-refractivity contribution in [2.24, 2.45) is 10.9 Å². The van der Waals surface area contributed by atoms with Gasteiger partial charge < -0.3 is 15.7 Å². The van der Waals surface area contributed by atoms with Gasteiger partial charge in [-0.1, -0.05) is 47.1 Å². The molecule has 0 amide bonds. The van der Waals surface area contributed by atoms with Crippen molar-refractivity contribution >= 4 is 17.4 Å². The molecular formula is C15H15ClN2O2. The summed E-state index contributed by atoms with van der Waals surface area (Å²) in [7, 11) is 0. The average molecular weight is 291 g/mol. The van der Waals surface area contributed by atoms with Gasteiger partial charge in [0.1, 0.15) is 12.4 Å². The number of benzene rings is 2. The van der Waals surface area contributed by atoms with Gasteiger partial charge in [-0.3, -0.25) is 0 Å². The smallest absolute Gasteiger partial charge is 0.170 e. The molecule has 0 aromatic heterocycles. The number of amidine groups is 1. The van der Waals surface area contributed by atoms with E-state index in [2.05, 4.69) is 5.16 Å². The van der Waals surface area contributed by atoms with E-state index in [9.17, 15) is 0 Å². The third-order valence-electron chi connectivity index (χ3n) is 2.93. The molecule has 5 heteroatoms. The minimum atomic E-state index is 0.0621. The van der Waals surface area contributed by atoms with Crippen molar-refractivity contribution in [2.75, 3.05) is 0 Å². The van der Waals surface area contributed by atoms with Gasteiger partial charge in [-0.2, -0.15) is 0 Å². The Morgan fingerprint density at radius 2 is 2.05 bits per heavy atom. The number of aryl methyl sites for hydroxylation is 1. The first-order valence-electron chi connectivity index (χ1n) is 6.06. The Kier molecular flexibility index (Phi) is 4.48. The lowest BCUT2D eigenvalue weighted by Gasteiger charge is -2.12. The maximum atomic E-state index is 8.78. The van der Waals surface area contributed by atoms with E-state index in [1.165, 1.54) is 0 Å². The van der Waals surface area contributed by atoms with Gasteiger partial charge in [-0.05, 0) is 24.6 Å². The fraction of sp³-hybridized carbons (Fsp3) is 0.133. The number of halogens is 1. The molecule has 0 bridgehead atoms. The van der Waals surface area contributed by atoms with Gasteiger partial charge in [0.15, 0.2) is 5.84 Å². The number of hydrogen-bond acceptors (Lipinski definition) is 3. The van der Waals surface area contributed by atoms with Crippen molar-refractivity contribution in [3.05, 3.63) is 64.2 Å². The number of ether oxygens (including phenoxy) is 1. The number of nitrogens with zero attached hydrogens (tertiary/aromatic N) is 1. The summed E-state index contributed by atoms with van der Waals surface area (Å²) in [5.41, 5.74) is 8.12. The molecule has 0 saturated heterocycles. The quantitative estimate of drug-likeness (QED) is 0.393. The zero-order valence-corrected chi connectivity index (χ0v) is 11.8. The Bertz CT molecular complexity index is 642. The molecule has 4 nitrogen and oxygen atoms in total. The van der Waals surface area contributed by atoms with Crippen molar-refractivity contribution in [3.8, 4) is 5.75 Å². The molecule has 0 radical (unpaired) electrons. The van der Waals surface area contributed by atoms with Crippen molar-refractivity contribution in [1.29, 1.82) is 0 Å². The molecule has 0 aliphatic heterocycles. The lowest BCUT2D eigenvalue weighted by Crippen LogP contribution is -2.16. The molecule has 0 heterocycles. The standard InChI is InChI=1S/C15H15ClN2O2/c1-10-6-7-12(16)8-14(10)20-9-11-4-2-3-5-13(11)15(17)18-19/h2-8,19H,9H2,1H3,(H2,17,18). The zero-order chi connectivity index (χ0) is 14.5. The predicted octanol–water partition coefficient (Wildman–Crippen LogP) is 3.32. The average Bonchev–Trinajstić information content (AvgIpc) is 2.47. The molecular weight excluding hydrogens is 276 g/mol. The number of rotatable bonds is 4. The molecule has 0 fully saturated rings. The van der Waals surface area contributed by atoms with Crippen LogP contribution in [0.1, 0.15) is 16.7 Å². The summed E-state index contributed by atoms with van der Waals surface area (Å²) in [6.45, 7) is 2.26.